The number of benzene rings is 3. The van der Waals surface area contributed by atoms with Crippen molar-refractivity contribution in [2.45, 2.75) is 0 Å². The lowest BCUT2D eigenvalue weighted by molar-refractivity contribution is 0.824. The maximum Gasteiger partial charge on any atom is 0.109 e. The molecule has 1 nitrogen and oxygen atoms in total. The molecule has 0 spiro atoms. The van der Waals surface area contributed by atoms with Crippen LogP contribution in [0.3, 0.4) is 0 Å². The van der Waals surface area contributed by atoms with E-state index in [4.69, 9.17) is 0 Å². The highest BCUT2D eigenvalue weighted by Gasteiger charge is 2.39. The predicted octanol–water partition coefficient (Wildman–Crippen LogP) is 2.79. The molecule has 106 valence electrons. The van der Waals surface area contributed by atoms with E-state index in [9.17, 15) is 0 Å². The molecule has 2 N–H and O–H groups in total. The summed E-state index contributed by atoms with van der Waals surface area (Å²) in [6.07, 6.45) is 0. The van der Waals surface area contributed by atoms with Crippen molar-refractivity contribution < 1.29 is 5.48 Å². The maximum absolute atomic E-state index is 2.41. The number of hydrogen-bond acceptors (Lipinski definition) is 0. The van der Waals surface area contributed by atoms with E-state index in [1.807, 2.05) is 0 Å². The molecule has 0 saturated heterocycles. The Bertz CT molecular complexity index is 569. The Morgan fingerprint density at radius 2 is 0.714 bits per heavy atom. The average molecular weight is 295 g/mol. The lowest BCUT2D eigenvalue weighted by Crippen LogP contribution is -2.30. The lowest BCUT2D eigenvalue weighted by atomic mass is 10.4. The van der Waals surface area contributed by atoms with E-state index < -0.39 is 7.26 Å². The third-order valence-corrected chi connectivity index (χ3v) is 7.81. The highest BCUT2D eigenvalue weighted by Crippen LogP contribution is 2.51. The van der Waals surface area contributed by atoms with Crippen molar-refractivity contribution >= 4 is 23.2 Å². The normalized spacial score (nSPS) is 10.7. The van der Waals surface area contributed by atoms with Crippen molar-refractivity contribution in [2.75, 3.05) is 6.66 Å². The zero-order valence-corrected chi connectivity index (χ0v) is 13.0. The first-order chi connectivity index (χ1) is 9.82. The van der Waals surface area contributed by atoms with Crippen molar-refractivity contribution in [3.8, 4) is 0 Å². The van der Waals surface area contributed by atoms with Crippen LogP contribution in [-0.2, 0) is 0 Å². The van der Waals surface area contributed by atoms with Crippen LogP contribution in [0.25, 0.3) is 0 Å². The molecule has 2 heteroatoms. The predicted molar refractivity (Wildman–Crippen MR) is 94.7 cm³/mol. The molecule has 0 fully saturated rings. The molecule has 0 aliphatic heterocycles. The largest absolute Gasteiger partial charge is 0.412 e. The van der Waals surface area contributed by atoms with E-state index >= 15 is 0 Å². The molecule has 3 rings (SSSR count). The van der Waals surface area contributed by atoms with Crippen molar-refractivity contribution in [1.82, 2.24) is 0 Å². The molecular formula is C19H20OP+. The summed E-state index contributed by atoms with van der Waals surface area (Å²) in [5.74, 6) is 0. The van der Waals surface area contributed by atoms with Gasteiger partial charge in [0.05, 0.1) is 6.66 Å². The van der Waals surface area contributed by atoms with E-state index in [2.05, 4.69) is 97.7 Å². The van der Waals surface area contributed by atoms with Gasteiger partial charge in [0.1, 0.15) is 23.2 Å². The minimum atomic E-state index is -1.53. The minimum absolute atomic E-state index is 0. The Morgan fingerprint density at radius 3 is 0.952 bits per heavy atom. The van der Waals surface area contributed by atoms with Crippen LogP contribution in [0.15, 0.2) is 91.0 Å². The van der Waals surface area contributed by atoms with Gasteiger partial charge in [0.2, 0.25) is 0 Å². The maximum atomic E-state index is 2.41. The first kappa shape index (κ1) is 15.4. The summed E-state index contributed by atoms with van der Waals surface area (Å²) in [4.78, 5) is 0. The molecule has 0 aromatic heterocycles. The monoisotopic (exact) mass is 295 g/mol. The molecule has 0 amide bonds. The van der Waals surface area contributed by atoms with Crippen molar-refractivity contribution in [3.05, 3.63) is 91.0 Å². The summed E-state index contributed by atoms with van der Waals surface area (Å²) in [6, 6.07) is 32.6. The third kappa shape index (κ3) is 2.90. The van der Waals surface area contributed by atoms with Crippen LogP contribution in [0.2, 0.25) is 0 Å². The average Bonchev–Trinajstić information content (AvgIpc) is 2.56. The second-order valence-electron chi connectivity index (χ2n) is 5.01. The van der Waals surface area contributed by atoms with Gasteiger partial charge in [-0.15, -0.1) is 0 Å². The van der Waals surface area contributed by atoms with Crippen LogP contribution in [-0.4, -0.2) is 12.1 Å². The molecule has 0 radical (unpaired) electrons. The molecule has 21 heavy (non-hydrogen) atoms. The van der Waals surface area contributed by atoms with Crippen LogP contribution in [0.4, 0.5) is 0 Å². The summed E-state index contributed by atoms with van der Waals surface area (Å²) in [5.41, 5.74) is 0. The molecule has 0 heterocycles. The SMILES string of the molecule is C[P+](c1ccccc1)(c1ccccc1)c1ccccc1.O. The molecule has 3 aromatic carbocycles. The second kappa shape index (κ2) is 6.67. The van der Waals surface area contributed by atoms with Crippen molar-refractivity contribution in [2.24, 2.45) is 0 Å². The zero-order valence-electron chi connectivity index (χ0n) is 12.1. The van der Waals surface area contributed by atoms with Gasteiger partial charge in [-0.3, -0.25) is 0 Å². The van der Waals surface area contributed by atoms with E-state index in [0.717, 1.165) is 0 Å². The molecule has 0 atom stereocenters. The molecular weight excluding hydrogens is 275 g/mol. The van der Waals surface area contributed by atoms with Crippen LogP contribution >= 0.6 is 7.26 Å². The Hall–Kier alpha value is -1.95. The molecule has 0 bridgehead atoms. The lowest BCUT2D eigenvalue weighted by Gasteiger charge is -2.22. The highest BCUT2D eigenvalue weighted by molar-refractivity contribution is 7.95. The summed E-state index contributed by atoms with van der Waals surface area (Å²) in [6.45, 7) is 2.41. The van der Waals surface area contributed by atoms with Gasteiger partial charge in [-0.1, -0.05) is 54.6 Å². The van der Waals surface area contributed by atoms with Crippen LogP contribution in [0.1, 0.15) is 0 Å². The first-order valence-electron chi connectivity index (χ1n) is 6.85. The van der Waals surface area contributed by atoms with E-state index in [1.165, 1.54) is 15.9 Å². The Labute approximate surface area is 126 Å². The van der Waals surface area contributed by atoms with Gasteiger partial charge >= 0.3 is 0 Å². The standard InChI is InChI=1S/C19H18P.H2O/c1-20(17-11-5-2-6-12-17,18-13-7-3-8-14-18)19-15-9-4-10-16-19;/h2-16H,1H3;1H2/q+1;. The molecule has 3 aromatic rings. The van der Waals surface area contributed by atoms with E-state index in [0.29, 0.717) is 0 Å². The molecule has 0 aliphatic carbocycles. The van der Waals surface area contributed by atoms with Gasteiger partial charge in [-0.2, -0.15) is 0 Å². The summed E-state index contributed by atoms with van der Waals surface area (Å²) in [7, 11) is -1.53. The van der Waals surface area contributed by atoms with Gasteiger partial charge in [-0.25, -0.2) is 0 Å². The Balaban J connectivity index is 0.00000161. The van der Waals surface area contributed by atoms with Gasteiger partial charge in [-0.05, 0) is 36.4 Å². The number of hydrogen-bond donors (Lipinski definition) is 0. The summed E-state index contributed by atoms with van der Waals surface area (Å²) >= 11 is 0. The van der Waals surface area contributed by atoms with E-state index in [-0.39, 0.29) is 5.48 Å². The van der Waals surface area contributed by atoms with Gasteiger partial charge < -0.3 is 5.48 Å². The fourth-order valence-electron chi connectivity index (χ4n) is 2.63. The molecule has 0 aliphatic rings. The zero-order chi connectivity index (χ0) is 13.8. The highest BCUT2D eigenvalue weighted by atomic mass is 31.2. The first-order valence-corrected chi connectivity index (χ1v) is 9.09. The second-order valence-corrected chi connectivity index (χ2v) is 8.57. The number of rotatable bonds is 3. The fraction of sp³-hybridized carbons (Fsp3) is 0.0526. The minimum Gasteiger partial charge on any atom is -0.412 e. The molecule has 0 unspecified atom stereocenters. The third-order valence-electron chi connectivity index (χ3n) is 3.82. The summed E-state index contributed by atoms with van der Waals surface area (Å²) in [5, 5.41) is 4.28. The van der Waals surface area contributed by atoms with Gasteiger partial charge in [0, 0.05) is 0 Å². The quantitative estimate of drug-likeness (QED) is 0.666. The Morgan fingerprint density at radius 1 is 0.476 bits per heavy atom. The van der Waals surface area contributed by atoms with Crippen molar-refractivity contribution in [3.63, 3.8) is 0 Å². The van der Waals surface area contributed by atoms with E-state index in [1.54, 1.807) is 0 Å². The summed E-state index contributed by atoms with van der Waals surface area (Å²) < 4.78 is 0. The Kier molecular flexibility index (Phi) is 4.90. The van der Waals surface area contributed by atoms with Crippen LogP contribution in [0.5, 0.6) is 0 Å². The fourth-order valence-corrected chi connectivity index (χ4v) is 5.83. The van der Waals surface area contributed by atoms with Crippen molar-refractivity contribution in [1.29, 1.82) is 0 Å². The van der Waals surface area contributed by atoms with Crippen LogP contribution < -0.4 is 15.9 Å². The van der Waals surface area contributed by atoms with Gasteiger partial charge in [0.25, 0.3) is 0 Å². The van der Waals surface area contributed by atoms with Gasteiger partial charge in [0.15, 0.2) is 0 Å². The molecule has 0 saturated carbocycles. The smallest absolute Gasteiger partial charge is 0.109 e. The van der Waals surface area contributed by atoms with Crippen LogP contribution in [0, 0.1) is 0 Å². The topological polar surface area (TPSA) is 31.5 Å².